The van der Waals surface area contributed by atoms with Crippen LogP contribution in [0.5, 0.6) is 0 Å². The van der Waals surface area contributed by atoms with Crippen LogP contribution in [0.3, 0.4) is 0 Å². The lowest BCUT2D eigenvalue weighted by Gasteiger charge is -2.43. The molecule has 1 aliphatic heterocycles. The molecular formula is C36H41F17I3N5O14S. The van der Waals surface area contributed by atoms with Crippen LogP contribution in [0.4, 0.5) is 80.3 Å². The lowest BCUT2D eigenvalue weighted by atomic mass is 9.91. The highest BCUT2D eigenvalue weighted by atomic mass is 127. The summed E-state index contributed by atoms with van der Waals surface area (Å²) in [6, 6.07) is 0. The van der Waals surface area contributed by atoms with E-state index in [0.29, 0.717) is 14.7 Å². The monoisotopic (exact) mass is 1500 g/mol. The first-order valence-electron chi connectivity index (χ1n) is 20.5. The van der Waals surface area contributed by atoms with Crippen molar-refractivity contribution >= 4 is 107 Å². The number of aliphatic hydroxyl groups excluding tert-OH is 8. The number of hydrogen-bond acceptors (Lipinski definition) is 14. The number of amides is 4. The van der Waals surface area contributed by atoms with E-state index >= 15 is 0 Å². The summed E-state index contributed by atoms with van der Waals surface area (Å²) in [4.78, 5) is 56.9. The third-order valence-corrected chi connectivity index (χ3v) is 15.9. The lowest BCUT2D eigenvalue weighted by Crippen LogP contribution is -2.75. The molecule has 0 spiro atoms. The Balaban J connectivity index is 2.52. The molecular weight excluding hydrogens is 1460 g/mol. The fraction of sp³-hybridized carbons (Fsp3) is 0.722. The van der Waals surface area contributed by atoms with Gasteiger partial charge in [0.05, 0.1) is 74.8 Å². The molecule has 1 saturated heterocycles. The number of nitrogens with one attached hydrogen (secondary N) is 1. The molecule has 1 heterocycles. The molecule has 2 rings (SSSR count). The van der Waals surface area contributed by atoms with E-state index in [4.69, 9.17) is 0 Å². The number of sulfonamides is 1. The third-order valence-electron chi connectivity index (χ3n) is 10.7. The number of nitrogens with zero attached hydrogens (tertiary/aromatic N) is 4. The highest BCUT2D eigenvalue weighted by Gasteiger charge is 2.96. The van der Waals surface area contributed by atoms with Crippen LogP contribution in [0.1, 0.15) is 33.6 Å². The van der Waals surface area contributed by atoms with E-state index in [2.05, 4.69) is 5.32 Å². The van der Waals surface area contributed by atoms with Gasteiger partial charge >= 0.3 is 47.0 Å². The van der Waals surface area contributed by atoms with Crippen molar-refractivity contribution in [2.75, 3.05) is 84.1 Å². The number of benzene rings is 1. The van der Waals surface area contributed by atoms with Gasteiger partial charge in [-0.2, -0.15) is 78.9 Å². The van der Waals surface area contributed by atoms with Crippen molar-refractivity contribution in [2.45, 2.75) is 84.2 Å². The van der Waals surface area contributed by atoms with Gasteiger partial charge in [0, 0.05) is 68.8 Å². The maximum Gasteiger partial charge on any atom is 0.460 e. The third kappa shape index (κ3) is 13.5. The lowest BCUT2D eigenvalue weighted by molar-refractivity contribution is -0.458. The highest BCUT2D eigenvalue weighted by molar-refractivity contribution is 14.1. The summed E-state index contributed by atoms with van der Waals surface area (Å²) >= 11 is 4.45. The summed E-state index contributed by atoms with van der Waals surface area (Å²) in [6.45, 7) is -12.7. The molecule has 4 atom stereocenters. The van der Waals surface area contributed by atoms with Gasteiger partial charge in [-0.15, -0.1) is 0 Å². The van der Waals surface area contributed by atoms with Gasteiger partial charge in [-0.25, -0.2) is 8.42 Å². The van der Waals surface area contributed by atoms with Crippen LogP contribution in [-0.2, 0) is 19.6 Å². The predicted molar refractivity (Wildman–Crippen MR) is 244 cm³/mol. The molecule has 0 radical (unpaired) electrons. The molecule has 1 aromatic rings. The topological polar surface area (TPSA) is 289 Å². The van der Waals surface area contributed by atoms with Crippen molar-refractivity contribution < 1.29 is 143 Å². The van der Waals surface area contributed by atoms with Crippen LogP contribution >= 0.6 is 67.8 Å². The maximum atomic E-state index is 14.9. The minimum Gasteiger partial charge on any atom is -0.394 e. The van der Waals surface area contributed by atoms with Crippen molar-refractivity contribution in [1.82, 2.24) is 19.0 Å². The Morgan fingerprint density at radius 1 is 0.513 bits per heavy atom. The van der Waals surface area contributed by atoms with Gasteiger partial charge in [0.2, 0.25) is 11.8 Å². The van der Waals surface area contributed by atoms with Crippen molar-refractivity contribution in [2.24, 2.45) is 0 Å². The molecule has 19 nitrogen and oxygen atoms in total. The standard InChI is InChI=1S/C36H41F17I3N5O14S/c37-29(38,31(41,42)33(45,46)35(49,50)51)30(39,40)32(43,44)34(47,48)36(52,53)76(74,75)61-5-3-58(4-6-61)20(71)2-1-19(70)57-26-24(55)21(27(72)59(7-15(66)11-62)8-16(67)12-63)23(54)22(25(26)56)28(73)60(9-17(68)13-64)10-18(69)14-65/h15-18,62-69H,1-14H2,(H,57,70). The number of piperazine rings is 1. The van der Waals surface area contributed by atoms with Gasteiger partial charge in [0.15, 0.2) is 0 Å². The number of carbonyl (C=O) groups is 4. The molecule has 1 aliphatic rings. The second-order valence-electron chi connectivity index (χ2n) is 16.1. The Labute approximate surface area is 456 Å². The second-order valence-corrected chi connectivity index (χ2v) is 21.3. The van der Waals surface area contributed by atoms with Crippen LogP contribution in [-0.4, -0.2) is 242 Å². The molecule has 1 fully saturated rings. The zero-order valence-electron chi connectivity index (χ0n) is 37.5. The smallest absolute Gasteiger partial charge is 0.394 e. The molecule has 0 aliphatic carbocycles. The number of hydrogen-bond donors (Lipinski definition) is 9. The number of alkyl halides is 17. The van der Waals surface area contributed by atoms with E-state index in [1.54, 1.807) is 0 Å². The zero-order valence-corrected chi connectivity index (χ0v) is 44.8. The molecule has 4 amide bonds. The molecule has 9 N–H and O–H groups in total. The Morgan fingerprint density at radius 3 is 1.14 bits per heavy atom. The fourth-order valence-corrected chi connectivity index (χ4v) is 12.2. The molecule has 76 heavy (non-hydrogen) atoms. The van der Waals surface area contributed by atoms with Crippen LogP contribution < -0.4 is 5.32 Å². The number of carbonyl (C=O) groups excluding carboxylic acids is 4. The summed E-state index contributed by atoms with van der Waals surface area (Å²) in [5.74, 6) is -57.5. The number of anilines is 1. The highest BCUT2D eigenvalue weighted by Crippen LogP contribution is 2.64. The van der Waals surface area contributed by atoms with Gasteiger partial charge in [-0.1, -0.05) is 0 Å². The zero-order chi connectivity index (χ0) is 59.5. The van der Waals surface area contributed by atoms with E-state index in [9.17, 15) is 143 Å². The Hall–Kier alpha value is -2.31. The van der Waals surface area contributed by atoms with Crippen molar-refractivity contribution in [3.63, 3.8) is 0 Å². The first-order valence-corrected chi connectivity index (χ1v) is 25.2. The molecule has 0 bridgehead atoms. The quantitative estimate of drug-likeness (QED) is 0.0474. The van der Waals surface area contributed by atoms with Gasteiger partial charge in [0.25, 0.3) is 21.8 Å². The van der Waals surface area contributed by atoms with Crippen molar-refractivity contribution in [1.29, 1.82) is 0 Å². The molecule has 40 heteroatoms. The summed E-state index contributed by atoms with van der Waals surface area (Å²) in [7, 11) is -7.65. The molecule has 4 unspecified atom stereocenters. The normalized spacial score (nSPS) is 16.8. The van der Waals surface area contributed by atoms with Gasteiger partial charge < -0.3 is 60.9 Å². The summed E-state index contributed by atoms with van der Waals surface area (Å²) in [5, 5.41) is 73.1. The van der Waals surface area contributed by atoms with Crippen LogP contribution in [0.15, 0.2) is 0 Å². The Bertz CT molecular complexity index is 2290. The maximum absolute atomic E-state index is 14.9. The van der Waals surface area contributed by atoms with Crippen molar-refractivity contribution in [3.05, 3.63) is 21.8 Å². The second kappa shape index (κ2) is 25.6. The number of rotatable bonds is 26. The summed E-state index contributed by atoms with van der Waals surface area (Å²) < 4.78 is 258. The van der Waals surface area contributed by atoms with E-state index in [1.165, 1.54) is 67.8 Å². The van der Waals surface area contributed by atoms with Gasteiger partial charge in [-0.3, -0.25) is 19.2 Å². The minimum absolute atomic E-state index is 0.247. The first kappa shape index (κ1) is 69.8. The summed E-state index contributed by atoms with van der Waals surface area (Å²) in [6.07, 6.45) is -16.7. The average molecular weight is 1500 g/mol. The van der Waals surface area contributed by atoms with Crippen molar-refractivity contribution in [3.8, 4) is 0 Å². The fourth-order valence-electron chi connectivity index (χ4n) is 6.43. The predicted octanol–water partition coefficient (Wildman–Crippen LogP) is 1.96. The molecule has 440 valence electrons. The van der Waals surface area contributed by atoms with Crippen LogP contribution in [0.25, 0.3) is 0 Å². The molecule has 0 aromatic heterocycles. The largest absolute Gasteiger partial charge is 0.460 e. The Kier molecular flexibility index (Phi) is 23.6. The van der Waals surface area contributed by atoms with Gasteiger partial charge in [-0.05, 0) is 67.8 Å². The molecule has 1 aromatic carbocycles. The van der Waals surface area contributed by atoms with Crippen LogP contribution in [0, 0.1) is 10.7 Å². The Morgan fingerprint density at radius 2 is 0.829 bits per heavy atom. The first-order chi connectivity index (χ1) is 34.3. The van der Waals surface area contributed by atoms with E-state index in [-0.39, 0.29) is 10.7 Å². The SMILES string of the molecule is O=C(CCC(=O)N1CCN(S(=O)(=O)C(F)(F)C(F)(F)C(F)(F)C(F)(F)C(F)(F)C(F)(F)C(F)(F)C(F)(F)F)CC1)Nc1c(I)c(C(=O)N(CC(O)CO)CC(O)CO)c(I)c(C(=O)N(CC(O)CO)CC(O)CO)c1I. The summed E-state index contributed by atoms with van der Waals surface area (Å²) in [5.41, 5.74) is -1.44. The van der Waals surface area contributed by atoms with Crippen LogP contribution in [0.2, 0.25) is 0 Å². The number of halogens is 20. The van der Waals surface area contributed by atoms with Gasteiger partial charge in [0.1, 0.15) is 0 Å². The minimum atomic E-state index is -9.04. The van der Waals surface area contributed by atoms with E-state index < -0.39 is 218 Å². The van der Waals surface area contributed by atoms with E-state index in [0.717, 1.165) is 0 Å². The molecule has 0 saturated carbocycles. The van der Waals surface area contributed by atoms with E-state index in [1.807, 2.05) is 0 Å². The average Bonchev–Trinajstić information content (AvgIpc) is 3.32. The number of aliphatic hydroxyl groups is 8.